The van der Waals surface area contributed by atoms with Crippen LogP contribution in [0.3, 0.4) is 0 Å². The molecule has 2 heteroatoms. The highest BCUT2D eigenvalue weighted by Gasteiger charge is 2.29. The molecule has 1 saturated carbocycles. The third-order valence-electron chi connectivity index (χ3n) is 3.46. The zero-order valence-corrected chi connectivity index (χ0v) is 9.94. The van der Waals surface area contributed by atoms with Crippen LogP contribution in [0.2, 0.25) is 0 Å². The van der Waals surface area contributed by atoms with E-state index in [0.29, 0.717) is 5.41 Å². The molecule has 14 heavy (non-hydrogen) atoms. The molecule has 0 unspecified atom stereocenters. The second-order valence-electron chi connectivity index (χ2n) is 4.50. The minimum absolute atomic E-state index is 0.374. The Balaban J connectivity index is 2.31. The number of nitrogens with one attached hydrogen (secondary N) is 1. The van der Waals surface area contributed by atoms with Crippen molar-refractivity contribution >= 4 is 0 Å². The van der Waals surface area contributed by atoms with E-state index in [2.05, 4.69) is 26.1 Å². The molecule has 1 aliphatic carbocycles. The first kappa shape index (κ1) is 12.0. The van der Waals surface area contributed by atoms with Crippen molar-refractivity contribution in [1.29, 1.82) is 0 Å². The van der Waals surface area contributed by atoms with E-state index in [1.54, 1.807) is 0 Å². The van der Waals surface area contributed by atoms with Crippen LogP contribution in [0.4, 0.5) is 0 Å². The average Bonchev–Trinajstić information content (AvgIpc) is 3.03. The Morgan fingerprint density at radius 2 is 1.86 bits per heavy atom. The van der Waals surface area contributed by atoms with Crippen LogP contribution in [0.25, 0.3) is 0 Å². The molecule has 0 aromatic rings. The molecular weight excluding hydrogens is 174 g/mol. The lowest BCUT2D eigenvalue weighted by molar-refractivity contribution is 0.0443. The summed E-state index contributed by atoms with van der Waals surface area (Å²) in [5.41, 5.74) is 0.374. The van der Waals surface area contributed by atoms with Crippen LogP contribution in [0, 0.1) is 5.41 Å². The van der Waals surface area contributed by atoms with Gasteiger partial charge < -0.3 is 10.1 Å². The van der Waals surface area contributed by atoms with Gasteiger partial charge in [0.25, 0.3) is 0 Å². The van der Waals surface area contributed by atoms with Crippen LogP contribution >= 0.6 is 0 Å². The molecule has 0 spiro atoms. The SMILES string of the molecule is CCOCC(CC)(CC)CNC1CC1. The van der Waals surface area contributed by atoms with Crippen molar-refractivity contribution in [2.45, 2.75) is 52.5 Å². The van der Waals surface area contributed by atoms with E-state index >= 15 is 0 Å². The van der Waals surface area contributed by atoms with Gasteiger partial charge >= 0.3 is 0 Å². The molecule has 0 atom stereocenters. The van der Waals surface area contributed by atoms with E-state index in [4.69, 9.17) is 4.74 Å². The summed E-state index contributed by atoms with van der Waals surface area (Å²) < 4.78 is 5.59. The lowest BCUT2D eigenvalue weighted by atomic mass is 9.83. The monoisotopic (exact) mass is 199 g/mol. The van der Waals surface area contributed by atoms with Crippen LogP contribution < -0.4 is 5.32 Å². The van der Waals surface area contributed by atoms with Gasteiger partial charge in [0.1, 0.15) is 0 Å². The summed E-state index contributed by atoms with van der Waals surface area (Å²) in [6.07, 6.45) is 5.17. The van der Waals surface area contributed by atoms with Crippen molar-refractivity contribution in [3.8, 4) is 0 Å². The van der Waals surface area contributed by atoms with Gasteiger partial charge in [0.15, 0.2) is 0 Å². The number of rotatable bonds is 8. The normalized spacial score (nSPS) is 17.4. The molecule has 0 aliphatic heterocycles. The van der Waals surface area contributed by atoms with Gasteiger partial charge in [-0.3, -0.25) is 0 Å². The lowest BCUT2D eigenvalue weighted by Gasteiger charge is -2.31. The Hall–Kier alpha value is -0.0800. The molecule has 0 amide bonds. The average molecular weight is 199 g/mol. The maximum absolute atomic E-state index is 5.59. The van der Waals surface area contributed by atoms with E-state index in [9.17, 15) is 0 Å². The maximum Gasteiger partial charge on any atom is 0.0534 e. The second kappa shape index (κ2) is 5.72. The minimum atomic E-state index is 0.374. The first-order valence-corrected chi connectivity index (χ1v) is 6.07. The summed E-state index contributed by atoms with van der Waals surface area (Å²) in [6.45, 7) is 9.50. The summed E-state index contributed by atoms with van der Waals surface area (Å²) in [5, 5.41) is 3.63. The van der Waals surface area contributed by atoms with Crippen LogP contribution in [-0.2, 0) is 4.74 Å². The highest BCUT2D eigenvalue weighted by atomic mass is 16.5. The van der Waals surface area contributed by atoms with Gasteiger partial charge in [-0.05, 0) is 32.6 Å². The van der Waals surface area contributed by atoms with Crippen LogP contribution in [0.1, 0.15) is 46.5 Å². The fourth-order valence-corrected chi connectivity index (χ4v) is 1.72. The zero-order chi connectivity index (χ0) is 10.4. The topological polar surface area (TPSA) is 21.3 Å². The number of ether oxygens (including phenoxy) is 1. The van der Waals surface area contributed by atoms with Gasteiger partial charge in [-0.25, -0.2) is 0 Å². The standard InChI is InChI=1S/C12H25NO/c1-4-12(5-2,10-14-6-3)9-13-11-7-8-11/h11,13H,4-10H2,1-3H3. The van der Waals surface area contributed by atoms with Crippen molar-refractivity contribution in [3.05, 3.63) is 0 Å². The minimum Gasteiger partial charge on any atom is -0.381 e. The zero-order valence-electron chi connectivity index (χ0n) is 9.94. The molecule has 1 rings (SSSR count). The van der Waals surface area contributed by atoms with Gasteiger partial charge in [0.05, 0.1) is 6.61 Å². The molecule has 0 bridgehead atoms. The van der Waals surface area contributed by atoms with E-state index in [1.165, 1.54) is 25.7 Å². The summed E-state index contributed by atoms with van der Waals surface area (Å²) in [6, 6.07) is 0.814. The third kappa shape index (κ3) is 3.58. The van der Waals surface area contributed by atoms with Crippen LogP contribution in [0.15, 0.2) is 0 Å². The van der Waals surface area contributed by atoms with Crippen molar-refractivity contribution < 1.29 is 4.74 Å². The first-order valence-electron chi connectivity index (χ1n) is 6.07. The van der Waals surface area contributed by atoms with Gasteiger partial charge in [-0.15, -0.1) is 0 Å². The molecule has 84 valence electrons. The molecule has 0 radical (unpaired) electrons. The van der Waals surface area contributed by atoms with Crippen molar-refractivity contribution in [1.82, 2.24) is 5.32 Å². The van der Waals surface area contributed by atoms with E-state index in [1.807, 2.05) is 0 Å². The molecule has 2 nitrogen and oxygen atoms in total. The van der Waals surface area contributed by atoms with E-state index in [-0.39, 0.29) is 0 Å². The molecule has 0 heterocycles. The number of hydrogen-bond acceptors (Lipinski definition) is 2. The third-order valence-corrected chi connectivity index (χ3v) is 3.46. The quantitative estimate of drug-likeness (QED) is 0.649. The highest BCUT2D eigenvalue weighted by Crippen LogP contribution is 2.28. The summed E-state index contributed by atoms with van der Waals surface area (Å²) in [5.74, 6) is 0. The van der Waals surface area contributed by atoms with Gasteiger partial charge in [-0.2, -0.15) is 0 Å². The molecule has 1 fully saturated rings. The van der Waals surface area contributed by atoms with Crippen molar-refractivity contribution in [3.63, 3.8) is 0 Å². The molecule has 0 saturated heterocycles. The Morgan fingerprint density at radius 1 is 1.21 bits per heavy atom. The first-order chi connectivity index (χ1) is 6.76. The smallest absolute Gasteiger partial charge is 0.0534 e. The highest BCUT2D eigenvalue weighted by molar-refractivity contribution is 4.86. The summed E-state index contributed by atoms with van der Waals surface area (Å²) >= 11 is 0. The lowest BCUT2D eigenvalue weighted by Crippen LogP contribution is -2.38. The van der Waals surface area contributed by atoms with Crippen LogP contribution in [-0.4, -0.2) is 25.8 Å². The molecule has 0 aromatic carbocycles. The maximum atomic E-state index is 5.59. The van der Waals surface area contributed by atoms with Gasteiger partial charge in [-0.1, -0.05) is 13.8 Å². The van der Waals surface area contributed by atoms with Crippen molar-refractivity contribution in [2.75, 3.05) is 19.8 Å². The molecule has 1 aliphatic rings. The van der Waals surface area contributed by atoms with E-state index < -0.39 is 0 Å². The summed E-state index contributed by atoms with van der Waals surface area (Å²) in [7, 11) is 0. The molecule has 1 N–H and O–H groups in total. The van der Waals surface area contributed by atoms with Crippen LogP contribution in [0.5, 0.6) is 0 Å². The summed E-state index contributed by atoms with van der Waals surface area (Å²) in [4.78, 5) is 0. The number of hydrogen-bond donors (Lipinski definition) is 1. The molecule has 0 aromatic heterocycles. The Kier molecular flexibility index (Phi) is 4.90. The Labute approximate surface area is 88.4 Å². The molecular formula is C12H25NO. The van der Waals surface area contributed by atoms with Gasteiger partial charge in [0.2, 0.25) is 0 Å². The largest absolute Gasteiger partial charge is 0.381 e. The van der Waals surface area contributed by atoms with Gasteiger partial charge in [0, 0.05) is 24.6 Å². The fraction of sp³-hybridized carbons (Fsp3) is 1.00. The van der Waals surface area contributed by atoms with Crippen molar-refractivity contribution in [2.24, 2.45) is 5.41 Å². The predicted octanol–water partition coefficient (Wildman–Crippen LogP) is 2.58. The fourth-order valence-electron chi connectivity index (χ4n) is 1.72. The second-order valence-corrected chi connectivity index (χ2v) is 4.50. The van der Waals surface area contributed by atoms with E-state index in [0.717, 1.165) is 25.8 Å². The Morgan fingerprint density at radius 3 is 2.29 bits per heavy atom. The predicted molar refractivity (Wildman–Crippen MR) is 60.5 cm³/mol. The Bertz CT molecular complexity index is 150.